The Labute approximate surface area is 154 Å². The maximum absolute atomic E-state index is 12.8. The molecule has 0 saturated carbocycles. The smallest absolute Gasteiger partial charge is 0.176 e. The Morgan fingerprint density at radius 3 is 2.68 bits per heavy atom. The third kappa shape index (κ3) is 3.99. The van der Waals surface area contributed by atoms with Gasteiger partial charge in [-0.25, -0.2) is 0 Å². The Bertz CT molecular complexity index is 778. The first-order chi connectivity index (χ1) is 11.9. The van der Waals surface area contributed by atoms with Crippen LogP contribution >= 0.6 is 11.8 Å². The molecule has 1 atom stereocenters. The van der Waals surface area contributed by atoms with Crippen molar-refractivity contribution in [3.05, 3.63) is 57.1 Å². The first-order valence-corrected chi connectivity index (χ1v) is 9.58. The van der Waals surface area contributed by atoms with E-state index in [2.05, 4.69) is 32.2 Å². The summed E-state index contributed by atoms with van der Waals surface area (Å²) in [6, 6.07) is 11.9. The van der Waals surface area contributed by atoms with Crippen LogP contribution in [0.1, 0.15) is 45.6 Å². The van der Waals surface area contributed by atoms with E-state index in [1.54, 1.807) is 0 Å². The number of nitrogens with one attached hydrogen (secondary N) is 1. The first-order valence-electron chi connectivity index (χ1n) is 8.77. The molecule has 1 aromatic rings. The maximum Gasteiger partial charge on any atom is 0.176 e. The van der Waals surface area contributed by atoms with Crippen molar-refractivity contribution >= 4 is 17.5 Å². The molecule has 3 nitrogen and oxygen atoms in total. The second kappa shape index (κ2) is 7.09. The number of carbonyl (C=O) groups is 1. The second-order valence-corrected chi connectivity index (χ2v) is 8.94. The topological polar surface area (TPSA) is 52.9 Å². The molecule has 0 amide bonds. The number of rotatable bonds is 3. The molecule has 2 aliphatic rings. The minimum Gasteiger partial charge on any atom is -0.349 e. The van der Waals surface area contributed by atoms with Gasteiger partial charge in [-0.1, -0.05) is 62.9 Å². The Hall–Kier alpha value is -1.99. The molecule has 4 heteroatoms. The molecule has 130 valence electrons. The van der Waals surface area contributed by atoms with Crippen LogP contribution in [0, 0.1) is 22.7 Å². The number of hydrogen-bond acceptors (Lipinski definition) is 4. The van der Waals surface area contributed by atoms with Crippen LogP contribution in [0.3, 0.4) is 0 Å². The van der Waals surface area contributed by atoms with Crippen LogP contribution in [-0.4, -0.2) is 5.78 Å². The van der Waals surface area contributed by atoms with E-state index in [0.717, 1.165) is 30.5 Å². The number of carbonyl (C=O) groups excluding carboxylic acids is 1. The van der Waals surface area contributed by atoms with Crippen LogP contribution in [-0.2, 0) is 11.2 Å². The lowest BCUT2D eigenvalue weighted by Crippen LogP contribution is -2.30. The highest BCUT2D eigenvalue weighted by Gasteiger charge is 2.34. The van der Waals surface area contributed by atoms with Crippen molar-refractivity contribution in [2.75, 3.05) is 0 Å². The third-order valence-electron chi connectivity index (χ3n) is 5.04. The van der Waals surface area contributed by atoms with Gasteiger partial charge in [-0.2, -0.15) is 5.26 Å². The third-order valence-corrected chi connectivity index (χ3v) is 6.33. The maximum atomic E-state index is 12.8. The van der Waals surface area contributed by atoms with Crippen molar-refractivity contribution in [3.8, 4) is 6.07 Å². The quantitative estimate of drug-likeness (QED) is 0.838. The zero-order chi connectivity index (χ0) is 18.0. The number of ketones is 1. The van der Waals surface area contributed by atoms with Gasteiger partial charge in [-0.15, -0.1) is 0 Å². The standard InChI is InChI=1S/C21H24N2OS/c1-21(2,3)15-9-10-16-19(12-15)25-20(17(13-22)23-16)18(24)11-14-7-5-4-6-8-14/h4-8,15,23H,9-12H2,1-3H3. The fourth-order valence-electron chi connectivity index (χ4n) is 3.40. The van der Waals surface area contributed by atoms with E-state index >= 15 is 0 Å². The van der Waals surface area contributed by atoms with E-state index in [4.69, 9.17) is 0 Å². The van der Waals surface area contributed by atoms with Crippen molar-refractivity contribution in [1.82, 2.24) is 5.32 Å². The Balaban J connectivity index is 1.79. The summed E-state index contributed by atoms with van der Waals surface area (Å²) in [4.78, 5) is 14.6. The van der Waals surface area contributed by atoms with E-state index in [-0.39, 0.29) is 11.2 Å². The predicted octanol–water partition coefficient (Wildman–Crippen LogP) is 4.93. The van der Waals surface area contributed by atoms with Gasteiger partial charge in [0, 0.05) is 17.0 Å². The molecule has 0 bridgehead atoms. The van der Waals surface area contributed by atoms with Crippen molar-refractivity contribution in [2.45, 2.75) is 46.5 Å². The molecular weight excluding hydrogens is 328 g/mol. The molecule has 1 aliphatic carbocycles. The Morgan fingerprint density at radius 1 is 1.32 bits per heavy atom. The van der Waals surface area contributed by atoms with Crippen LogP contribution in [0.5, 0.6) is 0 Å². The molecule has 25 heavy (non-hydrogen) atoms. The number of nitriles is 1. The molecule has 0 spiro atoms. The van der Waals surface area contributed by atoms with Crippen molar-refractivity contribution in [2.24, 2.45) is 11.3 Å². The predicted molar refractivity (Wildman–Crippen MR) is 102 cm³/mol. The van der Waals surface area contributed by atoms with Crippen LogP contribution < -0.4 is 5.32 Å². The van der Waals surface area contributed by atoms with Crippen LogP contribution in [0.4, 0.5) is 0 Å². The minimum absolute atomic E-state index is 0.0182. The zero-order valence-corrected chi connectivity index (χ0v) is 15.9. The average molecular weight is 353 g/mol. The summed E-state index contributed by atoms with van der Waals surface area (Å²) >= 11 is 1.52. The van der Waals surface area contributed by atoms with Crippen LogP contribution in [0.15, 0.2) is 51.5 Å². The van der Waals surface area contributed by atoms with Gasteiger partial charge in [0.25, 0.3) is 0 Å². The highest BCUT2D eigenvalue weighted by molar-refractivity contribution is 8.07. The van der Waals surface area contributed by atoms with E-state index < -0.39 is 0 Å². The van der Waals surface area contributed by atoms with Gasteiger partial charge in [0.15, 0.2) is 5.78 Å². The van der Waals surface area contributed by atoms with Crippen LogP contribution in [0.25, 0.3) is 0 Å². The molecular formula is C21H24N2OS. The Morgan fingerprint density at radius 2 is 2.04 bits per heavy atom. The van der Waals surface area contributed by atoms with E-state index in [0.29, 0.717) is 22.9 Å². The molecule has 0 saturated heterocycles. The lowest BCUT2D eigenvalue weighted by atomic mass is 9.73. The van der Waals surface area contributed by atoms with Gasteiger partial charge in [0.2, 0.25) is 0 Å². The molecule has 0 aromatic heterocycles. The monoisotopic (exact) mass is 352 g/mol. The minimum atomic E-state index is 0.0182. The molecule has 1 aromatic carbocycles. The number of thioether (sulfide) groups is 1. The number of allylic oxidation sites excluding steroid dienone is 4. The number of Topliss-reactive ketones (excluding diaryl/α,β-unsaturated/α-hetero) is 1. The van der Waals surface area contributed by atoms with Crippen molar-refractivity contribution in [3.63, 3.8) is 0 Å². The summed E-state index contributed by atoms with van der Waals surface area (Å²) < 4.78 is 0. The second-order valence-electron chi connectivity index (χ2n) is 7.84. The molecule has 1 unspecified atom stereocenters. The van der Waals surface area contributed by atoms with Crippen molar-refractivity contribution < 1.29 is 4.79 Å². The van der Waals surface area contributed by atoms with Gasteiger partial charge < -0.3 is 5.32 Å². The van der Waals surface area contributed by atoms with Crippen LogP contribution in [0.2, 0.25) is 0 Å². The molecule has 3 rings (SSSR count). The summed E-state index contributed by atoms with van der Waals surface area (Å²) in [7, 11) is 0. The van der Waals surface area contributed by atoms with E-state index in [9.17, 15) is 10.1 Å². The summed E-state index contributed by atoms with van der Waals surface area (Å²) in [5, 5.41) is 12.7. The lowest BCUT2D eigenvalue weighted by Gasteiger charge is -2.37. The van der Waals surface area contributed by atoms with Gasteiger partial charge >= 0.3 is 0 Å². The highest BCUT2D eigenvalue weighted by atomic mass is 32.2. The lowest BCUT2D eigenvalue weighted by molar-refractivity contribution is -0.114. The molecule has 1 heterocycles. The average Bonchev–Trinajstić information content (AvgIpc) is 2.60. The fourth-order valence-corrected chi connectivity index (χ4v) is 4.59. The normalized spacial score (nSPS) is 20.6. The number of nitrogens with zero attached hydrogens (tertiary/aromatic N) is 1. The van der Waals surface area contributed by atoms with Crippen molar-refractivity contribution in [1.29, 1.82) is 5.26 Å². The van der Waals surface area contributed by atoms with Gasteiger partial charge in [-0.05, 0) is 36.2 Å². The first kappa shape index (κ1) is 17.8. The summed E-state index contributed by atoms with van der Waals surface area (Å²) in [6.07, 6.45) is 3.40. The molecule has 1 aliphatic heterocycles. The number of benzene rings is 1. The zero-order valence-electron chi connectivity index (χ0n) is 15.1. The summed E-state index contributed by atoms with van der Waals surface area (Å²) in [5.74, 6) is 0.624. The Kier molecular flexibility index (Phi) is 5.06. The summed E-state index contributed by atoms with van der Waals surface area (Å²) in [6.45, 7) is 6.84. The largest absolute Gasteiger partial charge is 0.349 e. The highest BCUT2D eigenvalue weighted by Crippen LogP contribution is 2.47. The van der Waals surface area contributed by atoms with E-state index in [1.807, 2.05) is 30.3 Å². The SMILES string of the molecule is CC(C)(C)C1CCC2=C(C1)SC(C(=O)Cc1ccccc1)=C(C#N)N2. The van der Waals surface area contributed by atoms with Gasteiger partial charge in [-0.3, -0.25) is 4.79 Å². The summed E-state index contributed by atoms with van der Waals surface area (Å²) in [5.41, 5.74) is 2.79. The molecule has 1 N–H and O–H groups in total. The molecule has 0 radical (unpaired) electrons. The fraction of sp³-hybridized carbons (Fsp3) is 0.429. The number of hydrogen-bond donors (Lipinski definition) is 1. The van der Waals surface area contributed by atoms with Gasteiger partial charge in [0.1, 0.15) is 11.8 Å². The van der Waals surface area contributed by atoms with E-state index in [1.165, 1.54) is 16.7 Å². The molecule has 0 fully saturated rings. The van der Waals surface area contributed by atoms with Gasteiger partial charge in [0.05, 0.1) is 4.91 Å².